The lowest BCUT2D eigenvalue weighted by Gasteiger charge is -2.28. The Morgan fingerprint density at radius 1 is 1.45 bits per heavy atom. The second-order valence-corrected chi connectivity index (χ2v) is 4.03. The van der Waals surface area contributed by atoms with Crippen LogP contribution in [0.3, 0.4) is 0 Å². The van der Waals surface area contributed by atoms with Crippen LogP contribution in [-0.2, 0) is 4.74 Å². The molecule has 0 aliphatic heterocycles. The number of rotatable bonds is 1. The van der Waals surface area contributed by atoms with Gasteiger partial charge in [0.05, 0.1) is 11.7 Å². The van der Waals surface area contributed by atoms with E-state index in [2.05, 4.69) is 32.9 Å². The molecule has 0 aromatic carbocycles. The van der Waals surface area contributed by atoms with Crippen LogP contribution in [-0.4, -0.2) is 11.7 Å². The molecule has 0 aromatic rings. The smallest absolute Gasteiger partial charge is 0.0620 e. The monoisotopic (exact) mass is 153 g/mol. The van der Waals surface area contributed by atoms with E-state index in [-0.39, 0.29) is 5.60 Å². The van der Waals surface area contributed by atoms with Gasteiger partial charge < -0.3 is 4.74 Å². The first-order chi connectivity index (χ1) is 5.08. The van der Waals surface area contributed by atoms with Gasteiger partial charge in [-0.2, -0.15) is 0 Å². The van der Waals surface area contributed by atoms with Crippen LogP contribution in [0.1, 0.15) is 40.0 Å². The Labute approximate surface area is 69.4 Å². The molecule has 0 amide bonds. The summed E-state index contributed by atoms with van der Waals surface area (Å²) < 4.78 is 5.81. The van der Waals surface area contributed by atoms with Crippen LogP contribution in [0.2, 0.25) is 0 Å². The summed E-state index contributed by atoms with van der Waals surface area (Å²) >= 11 is 0. The highest BCUT2D eigenvalue weighted by Gasteiger charge is 2.18. The van der Waals surface area contributed by atoms with Gasteiger partial charge in [0.25, 0.3) is 0 Å². The summed E-state index contributed by atoms with van der Waals surface area (Å²) in [6.07, 6.45) is 8.95. The van der Waals surface area contributed by atoms with Crippen LogP contribution < -0.4 is 0 Å². The van der Waals surface area contributed by atoms with E-state index in [9.17, 15) is 0 Å². The van der Waals surface area contributed by atoms with Crippen molar-refractivity contribution in [3.63, 3.8) is 0 Å². The Morgan fingerprint density at radius 2 is 2.18 bits per heavy atom. The van der Waals surface area contributed by atoms with E-state index in [1.54, 1.807) is 0 Å². The summed E-state index contributed by atoms with van der Waals surface area (Å²) in [7, 11) is 0. The number of hydrogen-bond acceptors (Lipinski definition) is 1. The van der Waals surface area contributed by atoms with Crippen molar-refractivity contribution >= 4 is 0 Å². The van der Waals surface area contributed by atoms with Crippen molar-refractivity contribution in [3.05, 3.63) is 12.2 Å². The predicted molar refractivity (Wildman–Crippen MR) is 46.3 cm³/mol. The van der Waals surface area contributed by atoms with Crippen molar-refractivity contribution in [1.29, 1.82) is 0 Å². The zero-order valence-electron chi connectivity index (χ0n) is 7.68. The average Bonchev–Trinajstić information content (AvgIpc) is 1.85. The third kappa shape index (κ3) is 3.57. The van der Waals surface area contributed by atoms with E-state index in [1.807, 2.05) is 0 Å². The van der Waals surface area contributed by atoms with Crippen molar-refractivity contribution in [2.75, 3.05) is 0 Å². The van der Waals surface area contributed by atoms with E-state index in [4.69, 9.17) is 4.74 Å². The zero-order valence-corrected chi connectivity index (χ0v) is 7.68. The van der Waals surface area contributed by atoms with E-state index >= 15 is 0 Å². The lowest BCUT2D eigenvalue weighted by Crippen LogP contribution is -2.27. The van der Waals surface area contributed by atoms with E-state index in [0.29, 0.717) is 6.10 Å². The van der Waals surface area contributed by atoms with Gasteiger partial charge in [0.1, 0.15) is 0 Å². The fourth-order valence-electron chi connectivity index (χ4n) is 1.29. The second kappa shape index (κ2) is 3.40. The number of ether oxygens (including phenoxy) is 1. The summed E-state index contributed by atoms with van der Waals surface area (Å²) in [5.41, 5.74) is 0.00977. The average molecular weight is 153 g/mol. The van der Waals surface area contributed by atoms with Gasteiger partial charge in [0.2, 0.25) is 0 Å². The van der Waals surface area contributed by atoms with Crippen LogP contribution in [0.4, 0.5) is 0 Å². The Hall–Kier alpha value is -0.300. The molecular formula is C10H17O. The maximum atomic E-state index is 5.81. The Bertz CT molecular complexity index is 141. The third-order valence-corrected chi connectivity index (χ3v) is 1.66. The Morgan fingerprint density at radius 3 is 2.64 bits per heavy atom. The van der Waals surface area contributed by atoms with E-state index in [0.717, 1.165) is 19.3 Å². The summed E-state index contributed by atoms with van der Waals surface area (Å²) in [4.78, 5) is 0. The largest absolute Gasteiger partial charge is 0.372 e. The second-order valence-electron chi connectivity index (χ2n) is 4.03. The molecule has 0 saturated heterocycles. The SMILES string of the molecule is CC(C)(C)OC1CC=[C]CC1. The molecule has 1 nitrogen and oxygen atoms in total. The first-order valence-corrected chi connectivity index (χ1v) is 4.31. The van der Waals surface area contributed by atoms with E-state index < -0.39 is 0 Å². The van der Waals surface area contributed by atoms with Gasteiger partial charge in [0, 0.05) is 0 Å². The van der Waals surface area contributed by atoms with Crippen molar-refractivity contribution in [3.8, 4) is 0 Å². The molecule has 0 saturated carbocycles. The molecule has 1 heteroatoms. The first-order valence-electron chi connectivity index (χ1n) is 4.31. The highest BCUT2D eigenvalue weighted by atomic mass is 16.5. The minimum Gasteiger partial charge on any atom is -0.372 e. The molecule has 0 heterocycles. The standard InChI is InChI=1S/C10H17O/c1-10(2,3)11-9-7-5-4-6-8-9/h5,9H,6-8H2,1-3H3. The van der Waals surface area contributed by atoms with Gasteiger partial charge in [-0.3, -0.25) is 0 Å². The molecule has 0 spiro atoms. The van der Waals surface area contributed by atoms with Crippen LogP contribution >= 0.6 is 0 Å². The highest BCUT2D eigenvalue weighted by Crippen LogP contribution is 2.19. The lowest BCUT2D eigenvalue weighted by molar-refractivity contribution is -0.0626. The van der Waals surface area contributed by atoms with Crippen LogP contribution in [0, 0.1) is 6.08 Å². The third-order valence-electron chi connectivity index (χ3n) is 1.66. The molecular weight excluding hydrogens is 136 g/mol. The van der Waals surface area contributed by atoms with E-state index in [1.165, 1.54) is 0 Å². The topological polar surface area (TPSA) is 9.23 Å². The maximum absolute atomic E-state index is 5.81. The van der Waals surface area contributed by atoms with Crippen LogP contribution in [0.5, 0.6) is 0 Å². The van der Waals surface area contributed by atoms with Gasteiger partial charge in [-0.1, -0.05) is 6.08 Å². The van der Waals surface area contributed by atoms with Crippen molar-refractivity contribution < 1.29 is 4.74 Å². The summed E-state index contributed by atoms with van der Waals surface area (Å²) in [5, 5.41) is 0. The molecule has 1 aliphatic carbocycles. The molecule has 1 unspecified atom stereocenters. The van der Waals surface area contributed by atoms with Crippen LogP contribution in [0.25, 0.3) is 0 Å². The summed E-state index contributed by atoms with van der Waals surface area (Å²) in [6.45, 7) is 6.32. The molecule has 11 heavy (non-hydrogen) atoms. The Balaban J connectivity index is 2.32. The van der Waals surface area contributed by atoms with Crippen molar-refractivity contribution in [2.24, 2.45) is 0 Å². The molecule has 63 valence electrons. The van der Waals surface area contributed by atoms with Gasteiger partial charge >= 0.3 is 0 Å². The molecule has 1 atom stereocenters. The quantitative estimate of drug-likeness (QED) is 0.563. The highest BCUT2D eigenvalue weighted by molar-refractivity contribution is 4.85. The molecule has 1 radical (unpaired) electrons. The molecule has 0 fully saturated rings. The summed E-state index contributed by atoms with van der Waals surface area (Å²) in [5.74, 6) is 0. The number of hydrogen-bond donors (Lipinski definition) is 0. The minimum atomic E-state index is 0.00977. The van der Waals surface area contributed by atoms with Gasteiger partial charge in [-0.05, 0) is 46.1 Å². The molecule has 1 rings (SSSR count). The summed E-state index contributed by atoms with van der Waals surface area (Å²) in [6, 6.07) is 0. The normalized spacial score (nSPS) is 25.5. The minimum absolute atomic E-state index is 0.00977. The van der Waals surface area contributed by atoms with Crippen molar-refractivity contribution in [2.45, 2.75) is 51.7 Å². The van der Waals surface area contributed by atoms with Crippen molar-refractivity contribution in [1.82, 2.24) is 0 Å². The lowest BCUT2D eigenvalue weighted by atomic mass is 10.0. The number of allylic oxidation sites excluding steroid dienone is 1. The van der Waals surface area contributed by atoms with Gasteiger partial charge in [-0.15, -0.1) is 0 Å². The Kier molecular flexibility index (Phi) is 2.72. The van der Waals surface area contributed by atoms with Crippen LogP contribution in [0.15, 0.2) is 6.08 Å². The molecule has 0 bridgehead atoms. The molecule has 0 aromatic heterocycles. The predicted octanol–water partition coefficient (Wildman–Crippen LogP) is 2.71. The zero-order chi connectivity index (χ0) is 8.32. The van der Waals surface area contributed by atoms with Gasteiger partial charge in [-0.25, -0.2) is 0 Å². The first kappa shape index (κ1) is 8.79. The molecule has 1 aliphatic rings. The molecule has 0 N–H and O–H groups in total. The van der Waals surface area contributed by atoms with Gasteiger partial charge in [0.15, 0.2) is 0 Å². The fourth-order valence-corrected chi connectivity index (χ4v) is 1.29. The maximum Gasteiger partial charge on any atom is 0.0620 e. The fraction of sp³-hybridized carbons (Fsp3) is 0.800.